The molecule has 0 bridgehead atoms. The Morgan fingerprint density at radius 2 is 2.11 bits per heavy atom. The number of hydrogen-bond donors (Lipinski definition) is 1. The van der Waals surface area contributed by atoms with Gasteiger partial charge in [0, 0.05) is 17.1 Å². The van der Waals surface area contributed by atoms with Gasteiger partial charge in [-0.25, -0.2) is 4.39 Å². The molecule has 0 radical (unpaired) electrons. The van der Waals surface area contributed by atoms with Crippen molar-refractivity contribution in [3.63, 3.8) is 0 Å². The molecule has 0 saturated carbocycles. The summed E-state index contributed by atoms with van der Waals surface area (Å²) in [6.45, 7) is 3.74. The van der Waals surface area contributed by atoms with Crippen molar-refractivity contribution >= 4 is 15.9 Å². The Balaban J connectivity index is 2.75. The van der Waals surface area contributed by atoms with Crippen molar-refractivity contribution in [2.75, 3.05) is 20.1 Å². The largest absolute Gasteiger partial charge is 0.329 e. The van der Waals surface area contributed by atoms with Gasteiger partial charge in [-0.05, 0) is 37.7 Å². The molecule has 0 saturated heterocycles. The van der Waals surface area contributed by atoms with E-state index in [1.54, 1.807) is 0 Å². The molecule has 18 heavy (non-hydrogen) atoms. The van der Waals surface area contributed by atoms with Gasteiger partial charge in [0.25, 0.3) is 0 Å². The lowest BCUT2D eigenvalue weighted by Gasteiger charge is -2.28. The molecule has 0 heterocycles. The maximum absolute atomic E-state index is 13.1. The molecular formula is C14H22BrFN2. The zero-order chi connectivity index (χ0) is 13.5. The van der Waals surface area contributed by atoms with Crippen LogP contribution < -0.4 is 5.73 Å². The molecule has 0 aliphatic heterocycles. The van der Waals surface area contributed by atoms with Crippen molar-refractivity contribution in [3.8, 4) is 0 Å². The van der Waals surface area contributed by atoms with Crippen molar-refractivity contribution in [1.82, 2.24) is 4.90 Å². The fraction of sp³-hybridized carbons (Fsp3) is 0.571. The number of rotatable bonds is 7. The molecule has 0 aliphatic carbocycles. The highest BCUT2D eigenvalue weighted by Crippen LogP contribution is 2.27. The summed E-state index contributed by atoms with van der Waals surface area (Å²) in [5.41, 5.74) is 6.91. The van der Waals surface area contributed by atoms with Crippen LogP contribution in [0, 0.1) is 5.82 Å². The van der Waals surface area contributed by atoms with E-state index in [1.165, 1.54) is 31.4 Å². The van der Waals surface area contributed by atoms with E-state index in [4.69, 9.17) is 5.73 Å². The molecule has 0 spiro atoms. The van der Waals surface area contributed by atoms with E-state index < -0.39 is 0 Å². The van der Waals surface area contributed by atoms with Gasteiger partial charge in [-0.15, -0.1) is 0 Å². The van der Waals surface area contributed by atoms with Gasteiger partial charge in [0.2, 0.25) is 0 Å². The molecule has 0 fully saturated rings. The topological polar surface area (TPSA) is 29.3 Å². The number of unbranched alkanes of at least 4 members (excludes halogenated alkanes) is 2. The molecule has 1 aromatic rings. The second kappa shape index (κ2) is 7.87. The SMILES string of the molecule is CCCCCN(C)C(CN)c1ccc(F)cc1Br. The summed E-state index contributed by atoms with van der Waals surface area (Å²) in [5, 5.41) is 0. The second-order valence-electron chi connectivity index (χ2n) is 4.61. The zero-order valence-corrected chi connectivity index (χ0v) is 12.7. The van der Waals surface area contributed by atoms with Crippen molar-refractivity contribution in [1.29, 1.82) is 0 Å². The van der Waals surface area contributed by atoms with Gasteiger partial charge in [-0.3, -0.25) is 4.90 Å². The Labute approximate surface area is 117 Å². The standard InChI is InChI=1S/C14H22BrFN2/c1-3-4-5-8-18(2)14(10-17)12-7-6-11(16)9-13(12)15/h6-7,9,14H,3-5,8,10,17H2,1-2H3. The Kier molecular flexibility index (Phi) is 6.82. The normalized spacial score (nSPS) is 13.0. The first kappa shape index (κ1) is 15.6. The van der Waals surface area contributed by atoms with Gasteiger partial charge in [0.15, 0.2) is 0 Å². The van der Waals surface area contributed by atoms with E-state index in [-0.39, 0.29) is 11.9 Å². The Hall–Kier alpha value is -0.450. The number of halogens is 2. The predicted octanol–water partition coefficient (Wildman–Crippen LogP) is 3.71. The summed E-state index contributed by atoms with van der Waals surface area (Å²) in [5.74, 6) is -0.227. The van der Waals surface area contributed by atoms with Gasteiger partial charge < -0.3 is 5.73 Å². The summed E-state index contributed by atoms with van der Waals surface area (Å²) < 4.78 is 13.9. The van der Waals surface area contributed by atoms with Gasteiger partial charge in [0.1, 0.15) is 5.82 Å². The van der Waals surface area contributed by atoms with Crippen LogP contribution in [0.3, 0.4) is 0 Å². The molecule has 0 aliphatic rings. The Morgan fingerprint density at radius 3 is 2.67 bits per heavy atom. The van der Waals surface area contributed by atoms with Crippen LogP contribution in [-0.2, 0) is 0 Å². The van der Waals surface area contributed by atoms with Crippen LogP contribution in [0.1, 0.15) is 37.8 Å². The highest BCUT2D eigenvalue weighted by Gasteiger charge is 2.17. The van der Waals surface area contributed by atoms with E-state index >= 15 is 0 Å². The quantitative estimate of drug-likeness (QED) is 0.777. The highest BCUT2D eigenvalue weighted by atomic mass is 79.9. The van der Waals surface area contributed by atoms with Crippen molar-refractivity contribution in [2.45, 2.75) is 32.2 Å². The predicted molar refractivity (Wildman–Crippen MR) is 78.1 cm³/mol. The van der Waals surface area contributed by atoms with Crippen molar-refractivity contribution < 1.29 is 4.39 Å². The number of nitrogens with two attached hydrogens (primary N) is 1. The molecule has 1 unspecified atom stereocenters. The van der Waals surface area contributed by atoms with Crippen LogP contribution in [0.25, 0.3) is 0 Å². The number of benzene rings is 1. The van der Waals surface area contributed by atoms with Crippen LogP contribution in [0.4, 0.5) is 4.39 Å². The van der Waals surface area contributed by atoms with E-state index in [2.05, 4.69) is 34.8 Å². The monoisotopic (exact) mass is 316 g/mol. The summed E-state index contributed by atoms with van der Waals surface area (Å²) >= 11 is 3.42. The van der Waals surface area contributed by atoms with Crippen molar-refractivity contribution in [2.24, 2.45) is 5.73 Å². The molecular weight excluding hydrogens is 295 g/mol. The lowest BCUT2D eigenvalue weighted by molar-refractivity contribution is 0.244. The average molecular weight is 317 g/mol. The summed E-state index contributed by atoms with van der Waals surface area (Å²) in [6, 6.07) is 4.94. The summed E-state index contributed by atoms with van der Waals surface area (Å²) in [6.07, 6.45) is 3.61. The van der Waals surface area contributed by atoms with Crippen LogP contribution in [0.2, 0.25) is 0 Å². The Bertz CT molecular complexity index is 371. The fourth-order valence-electron chi connectivity index (χ4n) is 2.08. The maximum Gasteiger partial charge on any atom is 0.124 e. The molecule has 0 aromatic heterocycles. The van der Waals surface area contributed by atoms with Crippen molar-refractivity contribution in [3.05, 3.63) is 34.1 Å². The van der Waals surface area contributed by atoms with E-state index in [1.807, 2.05) is 6.07 Å². The third-order valence-electron chi connectivity index (χ3n) is 3.19. The first-order chi connectivity index (χ1) is 8.60. The number of nitrogens with zero attached hydrogens (tertiary/aromatic N) is 1. The van der Waals surface area contributed by atoms with Gasteiger partial charge in [0.05, 0.1) is 0 Å². The molecule has 0 amide bonds. The van der Waals surface area contributed by atoms with E-state index in [0.29, 0.717) is 6.54 Å². The minimum absolute atomic E-state index is 0.136. The minimum atomic E-state index is -0.227. The molecule has 102 valence electrons. The molecule has 1 aromatic carbocycles. The molecule has 2 N–H and O–H groups in total. The zero-order valence-electron chi connectivity index (χ0n) is 11.1. The summed E-state index contributed by atoms with van der Waals surface area (Å²) in [4.78, 5) is 2.24. The van der Waals surface area contributed by atoms with Gasteiger partial charge in [-0.2, -0.15) is 0 Å². The first-order valence-corrected chi connectivity index (χ1v) is 7.24. The lowest BCUT2D eigenvalue weighted by atomic mass is 10.1. The molecule has 2 nitrogen and oxygen atoms in total. The van der Waals surface area contributed by atoms with E-state index in [0.717, 1.165) is 16.6 Å². The van der Waals surface area contributed by atoms with Crippen LogP contribution in [-0.4, -0.2) is 25.0 Å². The van der Waals surface area contributed by atoms with E-state index in [9.17, 15) is 4.39 Å². The third-order valence-corrected chi connectivity index (χ3v) is 3.88. The maximum atomic E-state index is 13.1. The fourth-order valence-corrected chi connectivity index (χ4v) is 2.70. The molecule has 1 atom stereocenters. The van der Waals surface area contributed by atoms with Gasteiger partial charge in [-0.1, -0.05) is 41.8 Å². The molecule has 4 heteroatoms. The minimum Gasteiger partial charge on any atom is -0.329 e. The molecule has 1 rings (SSSR count). The first-order valence-electron chi connectivity index (χ1n) is 6.45. The summed E-state index contributed by atoms with van der Waals surface area (Å²) in [7, 11) is 2.07. The Morgan fingerprint density at radius 1 is 1.39 bits per heavy atom. The highest BCUT2D eigenvalue weighted by molar-refractivity contribution is 9.10. The average Bonchev–Trinajstić information content (AvgIpc) is 2.33. The van der Waals surface area contributed by atoms with Crippen LogP contribution in [0.15, 0.2) is 22.7 Å². The number of likely N-dealkylation sites (N-methyl/N-ethyl adjacent to an activating group) is 1. The lowest BCUT2D eigenvalue weighted by Crippen LogP contribution is -2.31. The second-order valence-corrected chi connectivity index (χ2v) is 5.46. The van der Waals surface area contributed by atoms with Crippen LogP contribution in [0.5, 0.6) is 0 Å². The van der Waals surface area contributed by atoms with Crippen LogP contribution >= 0.6 is 15.9 Å². The third kappa shape index (κ3) is 4.34. The smallest absolute Gasteiger partial charge is 0.124 e. The number of hydrogen-bond acceptors (Lipinski definition) is 2. The van der Waals surface area contributed by atoms with Gasteiger partial charge >= 0.3 is 0 Å².